The van der Waals surface area contributed by atoms with Gasteiger partial charge >= 0.3 is 23.6 Å². The van der Waals surface area contributed by atoms with Gasteiger partial charge in [0.25, 0.3) is 12.2 Å². The van der Waals surface area contributed by atoms with Crippen molar-refractivity contribution in [3.05, 3.63) is 0 Å². The first-order valence-corrected chi connectivity index (χ1v) is 23.5. The van der Waals surface area contributed by atoms with Crippen LogP contribution in [-0.2, 0) is 33.4 Å². The van der Waals surface area contributed by atoms with Crippen LogP contribution in [0.5, 0.6) is 0 Å². The fraction of sp³-hybridized carbons (Fsp3) is 0.886. The second-order valence-electron chi connectivity index (χ2n) is 15.8. The van der Waals surface area contributed by atoms with Crippen molar-refractivity contribution in [3.8, 4) is 0 Å². The number of carboxylic acid groups (broad SMARTS) is 1. The van der Waals surface area contributed by atoms with Crippen LogP contribution in [0.4, 0.5) is 0 Å². The number of hydrogen-bond donors (Lipinski definition) is 6. The van der Waals surface area contributed by atoms with E-state index in [0.29, 0.717) is 24.2 Å². The molecule has 0 rings (SSSR count). The van der Waals surface area contributed by atoms with Crippen molar-refractivity contribution in [1.29, 1.82) is 0 Å². The molecular weight excluding hydrogens is 763 g/mol. The smallest absolute Gasteiger partial charge is 0.377 e. The number of thiol groups is 1. The van der Waals surface area contributed by atoms with Gasteiger partial charge in [-0.15, -0.1) is 0 Å². The summed E-state index contributed by atoms with van der Waals surface area (Å²) in [7, 11) is 0. The molecule has 1 unspecified atom stereocenters. The number of esters is 2. The van der Waals surface area contributed by atoms with E-state index in [1.807, 2.05) is 0 Å². The Morgan fingerprint density at radius 2 is 1.02 bits per heavy atom. The van der Waals surface area contributed by atoms with Crippen LogP contribution < -0.4 is 11.1 Å². The van der Waals surface area contributed by atoms with Gasteiger partial charge in [0.1, 0.15) is 6.04 Å². The van der Waals surface area contributed by atoms with Crippen LogP contribution in [0.15, 0.2) is 0 Å². The van der Waals surface area contributed by atoms with Crippen LogP contribution in [0.3, 0.4) is 0 Å². The van der Waals surface area contributed by atoms with Crippen LogP contribution in [0, 0.1) is 0 Å². The summed E-state index contributed by atoms with van der Waals surface area (Å²) in [5.74, 6) is -6.03. The molecule has 0 aliphatic rings. The molecule has 0 radical (unpaired) electrons. The van der Waals surface area contributed by atoms with Gasteiger partial charge in [-0.3, -0.25) is 24.1 Å². The van der Waals surface area contributed by atoms with Crippen molar-refractivity contribution in [2.75, 3.05) is 18.9 Å². The molecule has 0 aliphatic carbocycles. The van der Waals surface area contributed by atoms with Crippen molar-refractivity contribution in [3.63, 3.8) is 0 Å². The van der Waals surface area contributed by atoms with E-state index in [1.165, 1.54) is 96.3 Å². The molecule has 13 nitrogen and oxygen atoms in total. The van der Waals surface area contributed by atoms with E-state index < -0.39 is 67.0 Å². The number of amides is 2. The maximum atomic E-state index is 13.9. The van der Waals surface area contributed by atoms with Gasteiger partial charge in [-0.25, -0.2) is 4.79 Å². The number of hydrogen-bond acceptors (Lipinski definition) is 11. The van der Waals surface area contributed by atoms with Crippen LogP contribution in [0.25, 0.3) is 0 Å². The minimum absolute atomic E-state index is 0.0827. The van der Waals surface area contributed by atoms with Gasteiger partial charge in [0, 0.05) is 25.1 Å². The van der Waals surface area contributed by atoms with E-state index in [0.717, 1.165) is 51.4 Å². The normalized spacial score (nSPS) is 13.9. The highest BCUT2D eigenvalue weighted by molar-refractivity contribution is 7.80. The Hall–Kier alpha value is -2.42. The van der Waals surface area contributed by atoms with Crippen molar-refractivity contribution < 1.29 is 48.8 Å². The number of nitrogens with one attached hydrogen (secondary N) is 1. The van der Waals surface area contributed by atoms with Crippen LogP contribution >= 0.6 is 12.6 Å². The summed E-state index contributed by atoms with van der Waals surface area (Å²) in [4.78, 5) is 66.5. The van der Waals surface area contributed by atoms with Crippen LogP contribution in [-0.4, -0.2) is 92.9 Å². The maximum Gasteiger partial charge on any atom is 0.377 e. The lowest BCUT2D eigenvalue weighted by molar-refractivity contribution is -0.269. The van der Waals surface area contributed by atoms with E-state index in [4.69, 9.17) is 15.2 Å². The summed E-state index contributed by atoms with van der Waals surface area (Å²) in [6.45, 7) is 4.66. The van der Waals surface area contributed by atoms with Crippen molar-refractivity contribution in [2.24, 2.45) is 5.73 Å². The molecule has 0 aromatic rings. The number of rotatable bonds is 40. The lowest BCUT2D eigenvalue weighted by Gasteiger charge is -2.42. The van der Waals surface area contributed by atoms with Gasteiger partial charge in [0.05, 0.1) is 12.6 Å². The average molecular weight is 846 g/mol. The molecule has 0 bridgehead atoms. The minimum atomic E-state index is -3.21. The molecule has 0 aromatic heterocycles. The average Bonchev–Trinajstić information content (AvgIpc) is 3.20. The van der Waals surface area contributed by atoms with Crippen molar-refractivity contribution in [1.82, 2.24) is 10.2 Å². The summed E-state index contributed by atoms with van der Waals surface area (Å²) < 4.78 is 10.7. The number of nitrogens with two attached hydrogens (primary N) is 1. The van der Waals surface area contributed by atoms with Crippen LogP contribution in [0.1, 0.15) is 207 Å². The number of carboxylic acids is 1. The third-order valence-electron chi connectivity index (χ3n) is 10.6. The number of carbonyl (C=O) groups excluding carboxylic acids is 4. The highest BCUT2D eigenvalue weighted by Gasteiger charge is 2.59. The Labute approximate surface area is 356 Å². The molecule has 2 amide bonds. The Morgan fingerprint density at radius 3 is 1.36 bits per heavy atom. The monoisotopic (exact) mass is 846 g/mol. The van der Waals surface area contributed by atoms with Crippen LogP contribution in [0.2, 0.25) is 0 Å². The summed E-state index contributed by atoms with van der Waals surface area (Å²) in [6, 6.07) is -2.87. The molecule has 0 spiro atoms. The van der Waals surface area contributed by atoms with Crippen molar-refractivity contribution >= 4 is 42.4 Å². The zero-order valence-electron chi connectivity index (χ0n) is 36.5. The fourth-order valence-electron chi connectivity index (χ4n) is 6.96. The molecule has 0 saturated heterocycles. The molecule has 340 valence electrons. The third-order valence-corrected chi connectivity index (χ3v) is 11.0. The number of ether oxygens (including phenoxy) is 2. The van der Waals surface area contributed by atoms with E-state index in [-0.39, 0.29) is 25.0 Å². The summed E-state index contributed by atoms with van der Waals surface area (Å²) >= 11 is 3.98. The lowest BCUT2D eigenvalue weighted by atomic mass is 10.0. The number of aliphatic hydroxyl groups is 2. The van der Waals surface area contributed by atoms with Gasteiger partial charge in [0.15, 0.2) is 0 Å². The first-order valence-electron chi connectivity index (χ1n) is 22.9. The van der Waals surface area contributed by atoms with E-state index in [2.05, 4.69) is 31.8 Å². The predicted molar refractivity (Wildman–Crippen MR) is 232 cm³/mol. The Morgan fingerprint density at radius 1 is 0.638 bits per heavy atom. The summed E-state index contributed by atoms with van der Waals surface area (Å²) in [5.41, 5.74) is 2.52. The second-order valence-corrected chi connectivity index (χ2v) is 16.2. The highest BCUT2D eigenvalue weighted by Crippen LogP contribution is 2.28. The van der Waals surface area contributed by atoms with E-state index in [9.17, 15) is 39.3 Å². The number of unbranched alkanes of at least 4 members (excludes halogenated alkanes) is 24. The second kappa shape index (κ2) is 36.4. The number of aliphatic carboxylic acids is 1. The van der Waals surface area contributed by atoms with E-state index in [1.54, 1.807) is 6.92 Å². The lowest BCUT2D eigenvalue weighted by Crippen LogP contribution is -2.70. The topological polar surface area (TPSA) is 206 Å². The Bertz CT molecular complexity index is 1100. The van der Waals surface area contributed by atoms with Gasteiger partial charge < -0.3 is 35.8 Å². The van der Waals surface area contributed by atoms with Crippen molar-refractivity contribution in [2.45, 2.75) is 231 Å². The standard InChI is InChI=1S/C44H83N3O10S/c1-4-7-9-11-13-15-17-19-21-23-25-27-29-31-38(49)56-43(55)44(42(53)54,47(33-6-3)41(52)37(34-48)46-40(51)36(45)35-58)57-39(50)32-30-28-26-24-22-20-18-16-14-12-10-8-5-2/h36-37,43,48,55,58H,4-35,45H2,1-3H3,(H,46,51)(H,53,54)/t36-,37-,43?,44-/m0/s1. The number of carbonyl (C=O) groups is 5. The third kappa shape index (κ3) is 24.6. The van der Waals surface area contributed by atoms with Gasteiger partial charge in [-0.1, -0.05) is 175 Å². The number of nitrogens with zero attached hydrogens (tertiary/aromatic N) is 1. The maximum absolute atomic E-state index is 13.9. The van der Waals surface area contributed by atoms with E-state index >= 15 is 0 Å². The zero-order chi connectivity index (χ0) is 43.4. The molecule has 58 heavy (non-hydrogen) atoms. The zero-order valence-corrected chi connectivity index (χ0v) is 37.4. The summed E-state index contributed by atoms with van der Waals surface area (Å²) in [6.07, 6.45) is 25.5. The first-order chi connectivity index (χ1) is 28.0. The molecule has 4 atom stereocenters. The Balaban J connectivity index is 5.55. The van der Waals surface area contributed by atoms with Gasteiger partial charge in [-0.2, -0.15) is 12.6 Å². The fourth-order valence-corrected chi connectivity index (χ4v) is 7.13. The molecule has 0 heterocycles. The highest BCUT2D eigenvalue weighted by atomic mass is 32.1. The summed E-state index contributed by atoms with van der Waals surface area (Å²) in [5, 5.41) is 34.4. The van der Waals surface area contributed by atoms with Gasteiger partial charge in [0.2, 0.25) is 5.91 Å². The SMILES string of the molecule is CCCCCCCCCCCCCCCC(=O)OC(O)[C@@](OC(=O)CCCCCCCCCCCCCCC)(C(=O)O)N(CCC)C(=O)[C@H](CO)NC(=O)[C@@H](N)CS. The number of aliphatic hydroxyl groups excluding tert-OH is 2. The molecule has 0 aliphatic heterocycles. The predicted octanol–water partition coefficient (Wildman–Crippen LogP) is 8.11. The molecule has 0 aromatic carbocycles. The van der Waals surface area contributed by atoms with Gasteiger partial charge in [-0.05, 0) is 19.3 Å². The first kappa shape index (κ1) is 55.6. The molecule has 6 N–H and O–H groups in total. The molecule has 0 saturated carbocycles. The molecule has 0 fully saturated rings. The Kier molecular flexibility index (Phi) is 34.9. The minimum Gasteiger partial charge on any atom is -0.477 e. The largest absolute Gasteiger partial charge is 0.477 e. The molecule has 14 heteroatoms. The molecular formula is C44H83N3O10S. The quantitative estimate of drug-likeness (QED) is 0.0150.